The summed E-state index contributed by atoms with van der Waals surface area (Å²) >= 11 is 0. The van der Waals surface area contributed by atoms with Gasteiger partial charge in [-0.1, -0.05) is 18.2 Å². The van der Waals surface area contributed by atoms with E-state index in [1.54, 1.807) is 18.2 Å². The zero-order valence-electron chi connectivity index (χ0n) is 10.2. The number of benzene rings is 1. The topological polar surface area (TPSA) is 89.8 Å². The van der Waals surface area contributed by atoms with E-state index in [0.717, 1.165) is 19.3 Å². The van der Waals surface area contributed by atoms with Gasteiger partial charge in [0, 0.05) is 12.2 Å². The van der Waals surface area contributed by atoms with Crippen molar-refractivity contribution in [1.29, 1.82) is 0 Å². The number of phenols is 1. The van der Waals surface area contributed by atoms with Crippen molar-refractivity contribution in [3.8, 4) is 5.75 Å². The first-order valence-corrected chi connectivity index (χ1v) is 6.01. The van der Waals surface area contributed by atoms with E-state index in [9.17, 15) is 9.90 Å². The Labute approximate surface area is 106 Å². The fourth-order valence-corrected chi connectivity index (χ4v) is 1.72. The normalized spacial score (nSPS) is 12.3. The molecule has 0 saturated carbocycles. The zero-order valence-corrected chi connectivity index (χ0v) is 10.2. The Morgan fingerprint density at radius 2 is 1.94 bits per heavy atom. The Kier molecular flexibility index (Phi) is 6.18. The van der Waals surface area contributed by atoms with E-state index < -0.39 is 12.0 Å². The summed E-state index contributed by atoms with van der Waals surface area (Å²) in [5.41, 5.74) is 0.368. The number of carbonyl (C=O) groups is 1. The first kappa shape index (κ1) is 14.5. The minimum atomic E-state index is -1.02. The fraction of sp³-hybridized carbons (Fsp3) is 0.462. The summed E-state index contributed by atoms with van der Waals surface area (Å²) in [4.78, 5) is 11.2. The van der Waals surface area contributed by atoms with Gasteiger partial charge in [-0.25, -0.2) is 0 Å². The summed E-state index contributed by atoms with van der Waals surface area (Å²) in [6, 6.07) is 5.51. The Bertz CT molecular complexity index is 381. The number of aliphatic carboxylic acids is 1. The molecular weight excluding hydrogens is 234 g/mol. The molecule has 0 radical (unpaired) electrons. The molecule has 0 aliphatic carbocycles. The number of aliphatic hydroxyl groups excluding tert-OH is 1. The van der Waals surface area contributed by atoms with Crippen LogP contribution in [-0.4, -0.2) is 34.4 Å². The predicted octanol–water partition coefficient (Wildman–Crippen LogP) is 1.27. The van der Waals surface area contributed by atoms with Gasteiger partial charge >= 0.3 is 5.97 Å². The van der Waals surface area contributed by atoms with Crippen molar-refractivity contribution in [2.24, 2.45) is 0 Å². The molecule has 5 heteroatoms. The second-order valence-corrected chi connectivity index (χ2v) is 4.07. The molecule has 5 nitrogen and oxygen atoms in total. The number of phenolic OH excluding ortho intramolecular Hbond substituents is 1. The second kappa shape index (κ2) is 7.68. The smallest absolute Gasteiger partial charge is 0.325 e. The van der Waals surface area contributed by atoms with Crippen LogP contribution < -0.4 is 5.32 Å². The molecule has 1 aromatic carbocycles. The van der Waals surface area contributed by atoms with Gasteiger partial charge in [0.05, 0.1) is 0 Å². The third-order valence-electron chi connectivity index (χ3n) is 2.68. The molecule has 100 valence electrons. The van der Waals surface area contributed by atoms with E-state index in [1.165, 1.54) is 6.07 Å². The minimum Gasteiger partial charge on any atom is -0.508 e. The number of unbranched alkanes of at least 4 members (excludes halogenated alkanes) is 2. The lowest BCUT2D eigenvalue weighted by molar-refractivity contribution is -0.139. The number of carboxylic acid groups (broad SMARTS) is 1. The van der Waals surface area contributed by atoms with Crippen molar-refractivity contribution in [2.75, 3.05) is 13.2 Å². The second-order valence-electron chi connectivity index (χ2n) is 4.07. The number of rotatable bonds is 8. The van der Waals surface area contributed by atoms with Crippen LogP contribution in [0.5, 0.6) is 5.75 Å². The van der Waals surface area contributed by atoms with Gasteiger partial charge in [-0.15, -0.1) is 0 Å². The molecule has 0 heterocycles. The first-order chi connectivity index (χ1) is 8.66. The van der Waals surface area contributed by atoms with Crippen LogP contribution in [-0.2, 0) is 4.79 Å². The molecule has 0 saturated heterocycles. The fourth-order valence-electron chi connectivity index (χ4n) is 1.72. The van der Waals surface area contributed by atoms with Crippen LogP contribution in [0, 0.1) is 0 Å². The van der Waals surface area contributed by atoms with Crippen LogP contribution in [0.15, 0.2) is 24.3 Å². The summed E-state index contributed by atoms with van der Waals surface area (Å²) in [7, 11) is 0. The van der Waals surface area contributed by atoms with Crippen molar-refractivity contribution in [2.45, 2.75) is 25.3 Å². The van der Waals surface area contributed by atoms with Crippen molar-refractivity contribution in [1.82, 2.24) is 5.32 Å². The number of aliphatic hydroxyl groups is 1. The number of carboxylic acids is 1. The van der Waals surface area contributed by atoms with Gasteiger partial charge < -0.3 is 20.6 Å². The van der Waals surface area contributed by atoms with E-state index in [0.29, 0.717) is 12.1 Å². The lowest BCUT2D eigenvalue weighted by atomic mass is 10.1. The van der Waals surface area contributed by atoms with Crippen LogP contribution in [0.25, 0.3) is 0 Å². The summed E-state index contributed by atoms with van der Waals surface area (Å²) in [6.45, 7) is 0.688. The summed E-state index contributed by atoms with van der Waals surface area (Å²) in [6.07, 6.45) is 2.35. The maximum absolute atomic E-state index is 11.2. The highest BCUT2D eigenvalue weighted by Crippen LogP contribution is 2.23. The molecule has 0 aliphatic heterocycles. The van der Waals surface area contributed by atoms with Crippen molar-refractivity contribution >= 4 is 5.97 Å². The van der Waals surface area contributed by atoms with Gasteiger partial charge in [-0.3, -0.25) is 4.79 Å². The maximum Gasteiger partial charge on any atom is 0.325 e. The zero-order chi connectivity index (χ0) is 13.4. The molecule has 0 aromatic heterocycles. The number of hydrogen-bond donors (Lipinski definition) is 4. The third kappa shape index (κ3) is 4.35. The highest BCUT2D eigenvalue weighted by Gasteiger charge is 2.21. The van der Waals surface area contributed by atoms with Crippen molar-refractivity contribution in [3.63, 3.8) is 0 Å². The third-order valence-corrected chi connectivity index (χ3v) is 2.68. The lowest BCUT2D eigenvalue weighted by Gasteiger charge is -2.15. The van der Waals surface area contributed by atoms with Crippen LogP contribution in [0.2, 0.25) is 0 Å². The number of nitrogens with one attached hydrogen (secondary N) is 1. The van der Waals surface area contributed by atoms with E-state index in [2.05, 4.69) is 5.32 Å². The molecule has 0 amide bonds. The van der Waals surface area contributed by atoms with Gasteiger partial charge in [0.15, 0.2) is 0 Å². The van der Waals surface area contributed by atoms with E-state index in [1.807, 2.05) is 0 Å². The molecule has 1 atom stereocenters. The van der Waals surface area contributed by atoms with Gasteiger partial charge in [-0.2, -0.15) is 0 Å². The predicted molar refractivity (Wildman–Crippen MR) is 67.4 cm³/mol. The molecule has 0 spiro atoms. The molecule has 1 aromatic rings. The quantitative estimate of drug-likeness (QED) is 0.524. The Balaban J connectivity index is 2.56. The number of para-hydroxylation sites is 1. The van der Waals surface area contributed by atoms with Gasteiger partial charge in [0.2, 0.25) is 0 Å². The summed E-state index contributed by atoms with van der Waals surface area (Å²) in [5, 5.41) is 30.3. The first-order valence-electron chi connectivity index (χ1n) is 6.01. The maximum atomic E-state index is 11.2. The summed E-state index contributed by atoms with van der Waals surface area (Å²) in [5.74, 6) is -1.04. The number of hydrogen-bond acceptors (Lipinski definition) is 4. The van der Waals surface area contributed by atoms with E-state index >= 15 is 0 Å². The molecule has 0 aliphatic rings. The minimum absolute atomic E-state index is 0.0206. The molecule has 1 unspecified atom stereocenters. The standard InChI is InChI=1S/C13H19NO4/c15-9-5-1-4-8-14-12(13(17)18)10-6-2-3-7-11(10)16/h2-3,6-7,12,14-16H,1,4-5,8-9H2,(H,17,18). The highest BCUT2D eigenvalue weighted by atomic mass is 16.4. The van der Waals surface area contributed by atoms with Crippen LogP contribution in [0.3, 0.4) is 0 Å². The van der Waals surface area contributed by atoms with Crippen LogP contribution in [0.4, 0.5) is 0 Å². The van der Waals surface area contributed by atoms with E-state index in [-0.39, 0.29) is 12.4 Å². The van der Waals surface area contributed by atoms with Crippen LogP contribution in [0.1, 0.15) is 30.9 Å². The molecule has 1 rings (SSSR count). The van der Waals surface area contributed by atoms with Crippen molar-refractivity contribution in [3.05, 3.63) is 29.8 Å². The largest absolute Gasteiger partial charge is 0.508 e. The van der Waals surface area contributed by atoms with Gasteiger partial charge in [0.25, 0.3) is 0 Å². The molecule has 4 N–H and O–H groups in total. The highest BCUT2D eigenvalue weighted by molar-refractivity contribution is 5.76. The monoisotopic (exact) mass is 253 g/mol. The Hall–Kier alpha value is -1.59. The van der Waals surface area contributed by atoms with Crippen LogP contribution >= 0.6 is 0 Å². The summed E-state index contributed by atoms with van der Waals surface area (Å²) < 4.78 is 0. The van der Waals surface area contributed by atoms with E-state index in [4.69, 9.17) is 10.2 Å². The average molecular weight is 253 g/mol. The number of aromatic hydroxyl groups is 1. The Morgan fingerprint density at radius 1 is 1.22 bits per heavy atom. The van der Waals surface area contributed by atoms with Crippen molar-refractivity contribution < 1.29 is 20.1 Å². The molecule has 18 heavy (non-hydrogen) atoms. The van der Waals surface area contributed by atoms with Gasteiger partial charge in [0.1, 0.15) is 11.8 Å². The van der Waals surface area contributed by atoms with Gasteiger partial charge in [-0.05, 0) is 31.9 Å². The molecular formula is C13H19NO4. The molecule has 0 fully saturated rings. The average Bonchev–Trinajstić information content (AvgIpc) is 2.35. The SMILES string of the molecule is O=C(O)C(NCCCCCO)c1ccccc1O. The lowest BCUT2D eigenvalue weighted by Crippen LogP contribution is -2.29. The Morgan fingerprint density at radius 3 is 2.56 bits per heavy atom. The molecule has 0 bridgehead atoms.